The number of hydrogen-bond donors (Lipinski definition) is 2. The highest BCUT2D eigenvalue weighted by Gasteiger charge is 2.21. The normalized spacial score (nSPS) is 17.3. The van der Waals surface area contributed by atoms with Crippen LogP contribution in [0.2, 0.25) is 0 Å². The van der Waals surface area contributed by atoms with Gasteiger partial charge >= 0.3 is 0 Å². The van der Waals surface area contributed by atoms with E-state index in [9.17, 15) is 18.0 Å². The van der Waals surface area contributed by atoms with Gasteiger partial charge < -0.3 is 15.5 Å². The molecule has 1 aliphatic rings. The van der Waals surface area contributed by atoms with E-state index in [-0.39, 0.29) is 10.8 Å². The largest absolute Gasteiger partial charge is 0.352 e. The zero-order chi connectivity index (χ0) is 18.4. The van der Waals surface area contributed by atoms with Gasteiger partial charge in [-0.15, -0.1) is 0 Å². The van der Waals surface area contributed by atoms with Crippen molar-refractivity contribution in [1.82, 2.24) is 15.5 Å². The van der Waals surface area contributed by atoms with E-state index in [0.717, 1.165) is 25.9 Å². The standard InChI is InChI=1S/C17H25N3O4S/c1-20(2)16(21)12-25(23,24)15-5-3-14(4-6-15)17(22)19-10-8-13-7-9-18-11-13/h3-6,13,18H,7-12H2,1-2H3,(H,19,22). The molecule has 2 rings (SSSR count). The molecule has 1 unspecified atom stereocenters. The molecule has 0 aromatic heterocycles. The summed E-state index contributed by atoms with van der Waals surface area (Å²) in [5.41, 5.74) is 0.405. The zero-order valence-corrected chi connectivity index (χ0v) is 15.4. The summed E-state index contributed by atoms with van der Waals surface area (Å²) in [7, 11) is -0.691. The molecule has 25 heavy (non-hydrogen) atoms. The summed E-state index contributed by atoms with van der Waals surface area (Å²) in [6, 6.07) is 5.68. The predicted octanol–water partition coefficient (Wildman–Crippen LogP) is 0.278. The molecular formula is C17H25N3O4S. The van der Waals surface area contributed by atoms with E-state index in [1.165, 1.54) is 43.3 Å². The molecule has 1 atom stereocenters. The Labute approximate surface area is 148 Å². The average Bonchev–Trinajstić information content (AvgIpc) is 3.07. The second kappa shape index (κ2) is 8.44. The van der Waals surface area contributed by atoms with Crippen molar-refractivity contribution in [2.75, 3.05) is 39.5 Å². The SMILES string of the molecule is CN(C)C(=O)CS(=O)(=O)c1ccc(C(=O)NCCC2CCNC2)cc1. The Hall–Kier alpha value is -1.93. The molecule has 1 heterocycles. The molecule has 7 nitrogen and oxygen atoms in total. The highest BCUT2D eigenvalue weighted by Crippen LogP contribution is 2.14. The molecular weight excluding hydrogens is 342 g/mol. The summed E-state index contributed by atoms with van der Waals surface area (Å²) in [6.45, 7) is 2.63. The summed E-state index contributed by atoms with van der Waals surface area (Å²) in [4.78, 5) is 25.0. The van der Waals surface area contributed by atoms with Crippen LogP contribution in [0.1, 0.15) is 23.2 Å². The predicted molar refractivity (Wildman–Crippen MR) is 95.1 cm³/mol. The average molecular weight is 367 g/mol. The van der Waals surface area contributed by atoms with Crippen molar-refractivity contribution in [2.24, 2.45) is 5.92 Å². The van der Waals surface area contributed by atoms with Gasteiger partial charge in [-0.05, 0) is 56.1 Å². The van der Waals surface area contributed by atoms with Crippen LogP contribution in [-0.4, -0.2) is 64.6 Å². The number of carbonyl (C=O) groups is 2. The lowest BCUT2D eigenvalue weighted by Gasteiger charge is -2.11. The van der Waals surface area contributed by atoms with Crippen LogP contribution >= 0.6 is 0 Å². The van der Waals surface area contributed by atoms with Crippen molar-refractivity contribution >= 4 is 21.7 Å². The second-order valence-electron chi connectivity index (χ2n) is 6.48. The maximum absolute atomic E-state index is 12.2. The summed E-state index contributed by atoms with van der Waals surface area (Å²) in [5, 5.41) is 6.14. The van der Waals surface area contributed by atoms with Gasteiger partial charge in [-0.25, -0.2) is 8.42 Å². The smallest absolute Gasteiger partial charge is 0.251 e. The maximum Gasteiger partial charge on any atom is 0.251 e. The lowest BCUT2D eigenvalue weighted by molar-refractivity contribution is -0.125. The van der Waals surface area contributed by atoms with E-state index in [0.29, 0.717) is 18.0 Å². The first kappa shape index (κ1) is 19.4. The van der Waals surface area contributed by atoms with Gasteiger partial charge in [-0.2, -0.15) is 0 Å². The minimum absolute atomic E-state index is 0.0382. The topological polar surface area (TPSA) is 95.6 Å². The van der Waals surface area contributed by atoms with E-state index in [4.69, 9.17) is 0 Å². The number of carbonyl (C=O) groups excluding carboxylic acids is 2. The van der Waals surface area contributed by atoms with Crippen molar-refractivity contribution in [3.8, 4) is 0 Å². The van der Waals surface area contributed by atoms with Crippen LogP contribution in [0.5, 0.6) is 0 Å². The first-order valence-electron chi connectivity index (χ1n) is 8.31. The molecule has 2 N–H and O–H groups in total. The Kier molecular flexibility index (Phi) is 6.55. The number of rotatable bonds is 7. The van der Waals surface area contributed by atoms with Crippen LogP contribution in [-0.2, 0) is 14.6 Å². The van der Waals surface area contributed by atoms with Crippen LogP contribution in [0.3, 0.4) is 0 Å². The molecule has 1 fully saturated rings. The zero-order valence-electron chi connectivity index (χ0n) is 14.6. The molecule has 1 saturated heterocycles. The quantitative estimate of drug-likeness (QED) is 0.722. The van der Waals surface area contributed by atoms with Crippen molar-refractivity contribution in [3.05, 3.63) is 29.8 Å². The number of benzene rings is 1. The molecule has 0 radical (unpaired) electrons. The summed E-state index contributed by atoms with van der Waals surface area (Å²) >= 11 is 0. The van der Waals surface area contributed by atoms with Gasteiger partial charge in [0.2, 0.25) is 5.91 Å². The summed E-state index contributed by atoms with van der Waals surface area (Å²) in [5.74, 6) is -0.689. The second-order valence-corrected chi connectivity index (χ2v) is 8.46. The molecule has 0 spiro atoms. The van der Waals surface area contributed by atoms with Crippen molar-refractivity contribution in [3.63, 3.8) is 0 Å². The third kappa shape index (κ3) is 5.54. The molecule has 0 bridgehead atoms. The molecule has 0 aliphatic carbocycles. The number of hydrogen-bond acceptors (Lipinski definition) is 5. The molecule has 0 saturated carbocycles. The highest BCUT2D eigenvalue weighted by atomic mass is 32.2. The molecule has 1 aliphatic heterocycles. The van der Waals surface area contributed by atoms with Crippen LogP contribution in [0, 0.1) is 5.92 Å². The van der Waals surface area contributed by atoms with Gasteiger partial charge in [0.25, 0.3) is 5.91 Å². The fourth-order valence-electron chi connectivity index (χ4n) is 2.64. The van der Waals surface area contributed by atoms with Crippen molar-refractivity contribution < 1.29 is 18.0 Å². The molecule has 2 amide bonds. The molecule has 1 aromatic rings. The Balaban J connectivity index is 1.91. The lowest BCUT2D eigenvalue weighted by Crippen LogP contribution is -2.29. The van der Waals surface area contributed by atoms with Crippen LogP contribution in [0.15, 0.2) is 29.2 Å². The number of sulfone groups is 1. The monoisotopic (exact) mass is 367 g/mol. The minimum Gasteiger partial charge on any atom is -0.352 e. The number of nitrogens with zero attached hydrogens (tertiary/aromatic N) is 1. The van der Waals surface area contributed by atoms with E-state index in [1.54, 1.807) is 0 Å². The van der Waals surface area contributed by atoms with Gasteiger partial charge in [0.1, 0.15) is 5.75 Å². The van der Waals surface area contributed by atoms with E-state index in [2.05, 4.69) is 10.6 Å². The van der Waals surface area contributed by atoms with Gasteiger partial charge in [-0.1, -0.05) is 0 Å². The fourth-order valence-corrected chi connectivity index (χ4v) is 3.94. The van der Waals surface area contributed by atoms with Crippen LogP contribution in [0.25, 0.3) is 0 Å². The third-order valence-corrected chi connectivity index (χ3v) is 5.91. The maximum atomic E-state index is 12.2. The number of amides is 2. The Morgan fingerprint density at radius 2 is 1.92 bits per heavy atom. The van der Waals surface area contributed by atoms with E-state index < -0.39 is 21.5 Å². The highest BCUT2D eigenvalue weighted by molar-refractivity contribution is 7.92. The van der Waals surface area contributed by atoms with Gasteiger partial charge in [0, 0.05) is 26.2 Å². The molecule has 8 heteroatoms. The van der Waals surface area contributed by atoms with Crippen LogP contribution in [0.4, 0.5) is 0 Å². The summed E-state index contributed by atoms with van der Waals surface area (Å²) in [6.07, 6.45) is 2.06. The molecule has 138 valence electrons. The van der Waals surface area contributed by atoms with E-state index >= 15 is 0 Å². The Bertz CT molecular complexity index is 708. The summed E-state index contributed by atoms with van der Waals surface area (Å²) < 4.78 is 24.4. The number of nitrogens with one attached hydrogen (secondary N) is 2. The van der Waals surface area contributed by atoms with Gasteiger partial charge in [0.15, 0.2) is 9.84 Å². The van der Waals surface area contributed by atoms with Crippen molar-refractivity contribution in [2.45, 2.75) is 17.7 Å². The van der Waals surface area contributed by atoms with Gasteiger partial charge in [0.05, 0.1) is 4.90 Å². The lowest BCUT2D eigenvalue weighted by atomic mass is 10.1. The van der Waals surface area contributed by atoms with E-state index in [1.807, 2.05) is 0 Å². The Morgan fingerprint density at radius 1 is 1.24 bits per heavy atom. The molecule has 1 aromatic carbocycles. The Morgan fingerprint density at radius 3 is 2.48 bits per heavy atom. The van der Waals surface area contributed by atoms with Crippen molar-refractivity contribution in [1.29, 1.82) is 0 Å². The van der Waals surface area contributed by atoms with Gasteiger partial charge in [-0.3, -0.25) is 9.59 Å². The van der Waals surface area contributed by atoms with Crippen LogP contribution < -0.4 is 10.6 Å². The fraction of sp³-hybridized carbons (Fsp3) is 0.529. The first-order chi connectivity index (χ1) is 11.8. The minimum atomic E-state index is -3.70. The third-order valence-electron chi connectivity index (χ3n) is 4.29. The first-order valence-corrected chi connectivity index (χ1v) is 9.97.